The molecule has 0 aromatic heterocycles. The fourth-order valence-electron chi connectivity index (χ4n) is 3.17. The maximum atomic E-state index is 13.0. The molecule has 1 atom stereocenters. The lowest BCUT2D eigenvalue weighted by molar-refractivity contribution is -0.130. The van der Waals surface area contributed by atoms with Crippen molar-refractivity contribution >= 4 is 17.7 Å². The van der Waals surface area contributed by atoms with Crippen LogP contribution in [-0.4, -0.2) is 43.4 Å². The maximum absolute atomic E-state index is 13.0. The van der Waals surface area contributed by atoms with E-state index in [4.69, 9.17) is 14.7 Å². The van der Waals surface area contributed by atoms with Crippen LogP contribution in [0.4, 0.5) is 4.79 Å². The Hall–Kier alpha value is -3.86. The van der Waals surface area contributed by atoms with E-state index in [1.165, 1.54) is 20.3 Å². The predicted molar refractivity (Wildman–Crippen MR) is 103 cm³/mol. The van der Waals surface area contributed by atoms with Gasteiger partial charge in [-0.1, -0.05) is 12.1 Å². The first-order valence-electron chi connectivity index (χ1n) is 8.74. The quantitative estimate of drug-likeness (QED) is 0.595. The van der Waals surface area contributed by atoms with E-state index in [9.17, 15) is 14.4 Å². The number of nitriles is 1. The second-order valence-electron chi connectivity index (χ2n) is 6.62. The predicted octanol–water partition coefficient (Wildman–Crippen LogP) is 2.23. The van der Waals surface area contributed by atoms with Crippen LogP contribution < -0.4 is 14.8 Å². The van der Waals surface area contributed by atoms with Gasteiger partial charge in [-0.3, -0.25) is 14.5 Å². The Balaban J connectivity index is 1.85. The van der Waals surface area contributed by atoms with Crippen molar-refractivity contribution in [2.75, 3.05) is 20.8 Å². The zero-order valence-corrected chi connectivity index (χ0v) is 16.2. The molecule has 1 aliphatic heterocycles. The highest BCUT2D eigenvalue weighted by molar-refractivity contribution is 6.11. The lowest BCUT2D eigenvalue weighted by atomic mass is 9.91. The normalized spacial score (nSPS) is 18.2. The summed E-state index contributed by atoms with van der Waals surface area (Å²) in [4.78, 5) is 39.1. The number of ketones is 1. The second kappa shape index (κ2) is 7.64. The Morgan fingerprint density at radius 3 is 2.41 bits per heavy atom. The molecular formula is C21H19N3O5. The maximum Gasteiger partial charge on any atom is 0.325 e. The molecule has 0 radical (unpaired) electrons. The average Bonchev–Trinajstić information content (AvgIpc) is 2.97. The molecular weight excluding hydrogens is 374 g/mol. The minimum Gasteiger partial charge on any atom is -0.497 e. The van der Waals surface area contributed by atoms with Crippen molar-refractivity contribution in [3.05, 3.63) is 59.2 Å². The summed E-state index contributed by atoms with van der Waals surface area (Å²) in [5, 5.41) is 11.6. The molecule has 1 unspecified atom stereocenters. The molecule has 148 valence electrons. The first-order valence-corrected chi connectivity index (χ1v) is 8.74. The zero-order chi connectivity index (χ0) is 21.2. The number of nitrogens with zero attached hydrogens (tertiary/aromatic N) is 2. The van der Waals surface area contributed by atoms with E-state index in [1.54, 1.807) is 43.3 Å². The standard InChI is InChI=1S/C21H19N3O5/c1-21(14-6-4-13(11-22)5-7-14)19(26)24(20(27)23-21)12-17(25)16-9-8-15(28-2)10-18(16)29-3/h4-10H,12H2,1-3H3,(H,23,27). The minimum absolute atomic E-state index is 0.237. The molecule has 1 aliphatic rings. The molecule has 1 saturated heterocycles. The number of ether oxygens (including phenoxy) is 2. The van der Waals surface area contributed by atoms with Crippen molar-refractivity contribution in [1.29, 1.82) is 5.26 Å². The summed E-state index contributed by atoms with van der Waals surface area (Å²) >= 11 is 0. The molecule has 0 spiro atoms. The summed E-state index contributed by atoms with van der Waals surface area (Å²) in [6.45, 7) is 1.13. The molecule has 2 aromatic rings. The lowest BCUT2D eigenvalue weighted by Gasteiger charge is -2.22. The number of hydrogen-bond donors (Lipinski definition) is 1. The Morgan fingerprint density at radius 2 is 1.83 bits per heavy atom. The average molecular weight is 393 g/mol. The third-order valence-corrected chi connectivity index (χ3v) is 4.88. The van der Waals surface area contributed by atoms with Gasteiger partial charge < -0.3 is 14.8 Å². The number of benzene rings is 2. The number of hydrogen-bond acceptors (Lipinski definition) is 6. The van der Waals surface area contributed by atoms with E-state index in [2.05, 4.69) is 5.32 Å². The molecule has 29 heavy (non-hydrogen) atoms. The molecule has 0 bridgehead atoms. The van der Waals surface area contributed by atoms with Crippen LogP contribution in [0.3, 0.4) is 0 Å². The van der Waals surface area contributed by atoms with Gasteiger partial charge in [-0.05, 0) is 36.8 Å². The highest BCUT2D eigenvalue weighted by atomic mass is 16.5. The van der Waals surface area contributed by atoms with Gasteiger partial charge in [0.2, 0.25) is 0 Å². The van der Waals surface area contributed by atoms with E-state index in [-0.39, 0.29) is 11.3 Å². The zero-order valence-electron chi connectivity index (χ0n) is 16.2. The van der Waals surface area contributed by atoms with Crippen molar-refractivity contribution in [1.82, 2.24) is 10.2 Å². The van der Waals surface area contributed by atoms with Gasteiger partial charge in [0.15, 0.2) is 5.78 Å². The molecule has 1 fully saturated rings. The fraction of sp³-hybridized carbons (Fsp3) is 0.238. The fourth-order valence-corrected chi connectivity index (χ4v) is 3.17. The molecule has 1 heterocycles. The molecule has 8 heteroatoms. The van der Waals surface area contributed by atoms with Gasteiger partial charge in [0.25, 0.3) is 5.91 Å². The van der Waals surface area contributed by atoms with Crippen LogP contribution in [0.15, 0.2) is 42.5 Å². The van der Waals surface area contributed by atoms with E-state index in [0.717, 1.165) is 4.90 Å². The van der Waals surface area contributed by atoms with E-state index < -0.39 is 29.8 Å². The lowest BCUT2D eigenvalue weighted by Crippen LogP contribution is -2.41. The van der Waals surface area contributed by atoms with Crippen LogP contribution in [0.2, 0.25) is 0 Å². The first-order chi connectivity index (χ1) is 13.8. The van der Waals surface area contributed by atoms with Crippen LogP contribution in [0.1, 0.15) is 28.4 Å². The number of carbonyl (C=O) groups excluding carboxylic acids is 3. The van der Waals surface area contributed by atoms with Crippen LogP contribution in [-0.2, 0) is 10.3 Å². The van der Waals surface area contributed by atoms with Crippen LogP contribution in [0.5, 0.6) is 11.5 Å². The summed E-state index contributed by atoms with van der Waals surface area (Å²) in [7, 11) is 2.91. The van der Waals surface area contributed by atoms with Crippen molar-refractivity contribution < 1.29 is 23.9 Å². The molecule has 8 nitrogen and oxygen atoms in total. The summed E-state index contributed by atoms with van der Waals surface area (Å²) in [5.41, 5.74) is -0.129. The number of nitrogens with one attached hydrogen (secondary N) is 1. The number of imide groups is 1. The largest absolute Gasteiger partial charge is 0.497 e. The number of amides is 3. The number of methoxy groups -OCH3 is 2. The molecule has 0 aliphatic carbocycles. The SMILES string of the molecule is COc1ccc(C(=O)CN2C(=O)NC(C)(c3ccc(C#N)cc3)C2=O)c(OC)c1. The summed E-state index contributed by atoms with van der Waals surface area (Å²) < 4.78 is 10.3. The van der Waals surface area contributed by atoms with Gasteiger partial charge in [0, 0.05) is 6.07 Å². The number of rotatable bonds is 6. The third-order valence-electron chi connectivity index (χ3n) is 4.88. The Morgan fingerprint density at radius 1 is 1.14 bits per heavy atom. The van der Waals surface area contributed by atoms with Crippen molar-refractivity contribution in [2.45, 2.75) is 12.5 Å². The molecule has 0 saturated carbocycles. The highest BCUT2D eigenvalue weighted by Gasteiger charge is 2.49. The van der Waals surface area contributed by atoms with E-state index in [1.807, 2.05) is 6.07 Å². The van der Waals surface area contributed by atoms with Gasteiger partial charge in [-0.25, -0.2) is 4.79 Å². The topological polar surface area (TPSA) is 109 Å². The van der Waals surface area contributed by atoms with Gasteiger partial charge in [0.05, 0.1) is 38.0 Å². The molecule has 3 amide bonds. The summed E-state index contributed by atoms with van der Waals surface area (Å²) in [6.07, 6.45) is 0. The van der Waals surface area contributed by atoms with Crippen molar-refractivity contribution in [3.63, 3.8) is 0 Å². The Kier molecular flexibility index (Phi) is 5.24. The van der Waals surface area contributed by atoms with E-state index >= 15 is 0 Å². The van der Waals surface area contributed by atoms with Gasteiger partial charge in [-0.2, -0.15) is 5.26 Å². The Bertz CT molecular complexity index is 1030. The summed E-state index contributed by atoms with van der Waals surface area (Å²) in [5.74, 6) is -0.192. The van der Waals surface area contributed by atoms with Gasteiger partial charge in [-0.15, -0.1) is 0 Å². The monoisotopic (exact) mass is 393 g/mol. The van der Waals surface area contributed by atoms with Crippen molar-refractivity contribution in [3.8, 4) is 17.6 Å². The molecule has 3 rings (SSSR count). The van der Waals surface area contributed by atoms with Crippen LogP contribution >= 0.6 is 0 Å². The van der Waals surface area contributed by atoms with Gasteiger partial charge >= 0.3 is 6.03 Å². The third kappa shape index (κ3) is 3.50. The number of urea groups is 1. The first kappa shape index (κ1) is 19.9. The number of carbonyl (C=O) groups is 3. The van der Waals surface area contributed by atoms with Crippen LogP contribution in [0.25, 0.3) is 0 Å². The molecule has 1 N–H and O–H groups in total. The van der Waals surface area contributed by atoms with E-state index in [0.29, 0.717) is 16.9 Å². The summed E-state index contributed by atoms with van der Waals surface area (Å²) in [6, 6.07) is 12.4. The van der Waals surface area contributed by atoms with Crippen LogP contribution in [0, 0.1) is 11.3 Å². The van der Waals surface area contributed by atoms with Crippen molar-refractivity contribution in [2.24, 2.45) is 0 Å². The second-order valence-corrected chi connectivity index (χ2v) is 6.62. The Labute approximate surface area is 167 Å². The molecule has 2 aromatic carbocycles. The minimum atomic E-state index is -1.32. The van der Waals surface area contributed by atoms with Gasteiger partial charge in [0.1, 0.15) is 17.0 Å². The smallest absolute Gasteiger partial charge is 0.325 e. The number of Topliss-reactive ketones (excluding diaryl/α,β-unsaturated/α-hetero) is 1. The highest BCUT2D eigenvalue weighted by Crippen LogP contribution is 2.30.